The van der Waals surface area contributed by atoms with Crippen LogP contribution in [0.3, 0.4) is 0 Å². The normalized spacial score (nSPS) is 11.1. The molecule has 0 atom stereocenters. The van der Waals surface area contributed by atoms with Gasteiger partial charge in [-0.2, -0.15) is 0 Å². The summed E-state index contributed by atoms with van der Waals surface area (Å²) < 4.78 is 16.3. The van der Waals surface area contributed by atoms with Gasteiger partial charge in [0.15, 0.2) is 5.58 Å². The number of nitrogens with one attached hydrogen (secondary N) is 1. The Morgan fingerprint density at radius 3 is 2.53 bits per heavy atom. The largest absolute Gasteiger partial charge is 0.497 e. The number of ether oxygens (including phenoxy) is 2. The van der Waals surface area contributed by atoms with Gasteiger partial charge in [0.1, 0.15) is 17.0 Å². The van der Waals surface area contributed by atoms with Gasteiger partial charge in [0.25, 0.3) is 0 Å². The maximum absolute atomic E-state index is 12.3. The first-order valence-electron chi connectivity index (χ1n) is 9.54. The molecule has 0 saturated carbocycles. The lowest BCUT2D eigenvalue weighted by Gasteiger charge is -2.08. The molecule has 0 aliphatic rings. The summed E-state index contributed by atoms with van der Waals surface area (Å²) in [5.41, 5.74) is 3.38. The fraction of sp³-hybridized carbons (Fsp3) is 0.0833. The highest BCUT2D eigenvalue weighted by Gasteiger charge is 2.10. The average Bonchev–Trinajstić information content (AvgIpc) is 3.21. The van der Waals surface area contributed by atoms with E-state index < -0.39 is 0 Å². The van der Waals surface area contributed by atoms with Gasteiger partial charge in [-0.3, -0.25) is 4.79 Å². The zero-order chi connectivity index (χ0) is 22.7. The molecular weight excluding hydrogens is 451 g/mol. The highest BCUT2D eigenvalue weighted by molar-refractivity contribution is 6.36. The molecule has 162 valence electrons. The monoisotopic (exact) mass is 468 g/mol. The third-order valence-corrected chi connectivity index (χ3v) is 5.15. The van der Waals surface area contributed by atoms with Crippen LogP contribution in [0, 0.1) is 0 Å². The number of rotatable bonds is 6. The van der Waals surface area contributed by atoms with E-state index >= 15 is 0 Å². The first-order valence-corrected chi connectivity index (χ1v) is 10.3. The molecule has 32 heavy (non-hydrogen) atoms. The molecular formula is C24H18Cl2N2O4. The van der Waals surface area contributed by atoms with Crippen LogP contribution >= 0.6 is 23.2 Å². The number of anilines is 1. The maximum Gasteiger partial charge on any atom is 0.248 e. The van der Waals surface area contributed by atoms with Crippen LogP contribution in [0.1, 0.15) is 5.56 Å². The fourth-order valence-corrected chi connectivity index (χ4v) is 3.71. The predicted molar refractivity (Wildman–Crippen MR) is 127 cm³/mol. The summed E-state index contributed by atoms with van der Waals surface area (Å²) in [6, 6.07) is 15.9. The third kappa shape index (κ3) is 4.72. The summed E-state index contributed by atoms with van der Waals surface area (Å²) in [7, 11) is 3.10. The lowest BCUT2D eigenvalue weighted by atomic mass is 10.1. The number of halogens is 2. The molecule has 3 aromatic carbocycles. The second kappa shape index (κ2) is 9.34. The van der Waals surface area contributed by atoms with Gasteiger partial charge in [-0.25, -0.2) is 4.98 Å². The standard InChI is InChI=1S/C24H18Cl2N2O4/c1-30-18-8-9-21-20(13-18)28-24(32-21)14-3-6-17(7-4-14)27-22(29)10-5-15-11-16(25)12-19(26)23(15)31-2/h3-13H,1-2H3,(H,27,29). The Morgan fingerprint density at radius 2 is 1.81 bits per heavy atom. The Labute approximate surface area is 194 Å². The number of aromatic nitrogens is 1. The van der Waals surface area contributed by atoms with Gasteiger partial charge in [-0.05, 0) is 54.6 Å². The smallest absolute Gasteiger partial charge is 0.248 e. The van der Waals surface area contributed by atoms with Crippen molar-refractivity contribution in [2.75, 3.05) is 19.5 Å². The highest BCUT2D eigenvalue weighted by atomic mass is 35.5. The van der Waals surface area contributed by atoms with Crippen molar-refractivity contribution in [2.45, 2.75) is 0 Å². The average molecular weight is 469 g/mol. The van der Waals surface area contributed by atoms with E-state index in [1.165, 1.54) is 13.2 Å². The van der Waals surface area contributed by atoms with Crippen LogP contribution in [0.5, 0.6) is 11.5 Å². The Bertz CT molecular complexity index is 1310. The van der Waals surface area contributed by atoms with E-state index in [0.29, 0.717) is 49.8 Å². The van der Waals surface area contributed by atoms with E-state index in [4.69, 9.17) is 37.1 Å². The van der Waals surface area contributed by atoms with Gasteiger partial charge in [-0.15, -0.1) is 0 Å². The fourth-order valence-electron chi connectivity index (χ4n) is 3.12. The van der Waals surface area contributed by atoms with Crippen molar-refractivity contribution < 1.29 is 18.7 Å². The predicted octanol–water partition coefficient (Wildman–Crippen LogP) is 6.47. The van der Waals surface area contributed by atoms with Crippen molar-refractivity contribution in [3.8, 4) is 23.0 Å². The Hall–Kier alpha value is -3.48. The van der Waals surface area contributed by atoms with Gasteiger partial charge < -0.3 is 19.2 Å². The third-order valence-electron chi connectivity index (χ3n) is 4.65. The van der Waals surface area contributed by atoms with Crippen molar-refractivity contribution in [3.63, 3.8) is 0 Å². The van der Waals surface area contributed by atoms with Gasteiger partial charge in [-0.1, -0.05) is 23.2 Å². The number of hydrogen-bond donors (Lipinski definition) is 1. The van der Waals surface area contributed by atoms with Crippen LogP contribution in [-0.4, -0.2) is 25.1 Å². The van der Waals surface area contributed by atoms with Crippen molar-refractivity contribution in [1.82, 2.24) is 4.98 Å². The summed E-state index contributed by atoms with van der Waals surface area (Å²) in [5, 5.41) is 3.62. The summed E-state index contributed by atoms with van der Waals surface area (Å²) in [6.45, 7) is 0. The van der Waals surface area contributed by atoms with E-state index in [-0.39, 0.29) is 5.91 Å². The molecule has 0 fully saturated rings. The molecule has 0 radical (unpaired) electrons. The molecule has 1 aromatic heterocycles. The first-order chi connectivity index (χ1) is 15.5. The quantitative estimate of drug-likeness (QED) is 0.328. The van der Waals surface area contributed by atoms with Crippen LogP contribution in [0.2, 0.25) is 10.0 Å². The molecule has 4 rings (SSSR count). The Balaban J connectivity index is 1.47. The van der Waals surface area contributed by atoms with Gasteiger partial charge in [0, 0.05) is 34.0 Å². The molecule has 6 nitrogen and oxygen atoms in total. The highest BCUT2D eigenvalue weighted by Crippen LogP contribution is 2.33. The maximum atomic E-state index is 12.3. The Kier molecular flexibility index (Phi) is 6.35. The molecule has 8 heteroatoms. The van der Waals surface area contributed by atoms with E-state index in [9.17, 15) is 4.79 Å². The van der Waals surface area contributed by atoms with Crippen LogP contribution < -0.4 is 14.8 Å². The number of amides is 1. The zero-order valence-corrected chi connectivity index (χ0v) is 18.7. The number of oxazole rings is 1. The van der Waals surface area contributed by atoms with E-state index in [1.54, 1.807) is 37.5 Å². The topological polar surface area (TPSA) is 73.6 Å². The molecule has 1 N–H and O–H groups in total. The van der Waals surface area contributed by atoms with Crippen LogP contribution in [0.4, 0.5) is 5.69 Å². The SMILES string of the molecule is COc1ccc2oc(-c3ccc(NC(=O)C=Cc4cc(Cl)cc(Cl)c4OC)cc3)nc2c1. The number of nitrogens with zero attached hydrogens (tertiary/aromatic N) is 1. The lowest BCUT2D eigenvalue weighted by Crippen LogP contribution is -2.07. The second-order valence-corrected chi connectivity index (χ2v) is 7.61. The van der Waals surface area contributed by atoms with Crippen LogP contribution in [0.15, 0.2) is 65.1 Å². The van der Waals surface area contributed by atoms with Gasteiger partial charge >= 0.3 is 0 Å². The molecule has 1 heterocycles. The summed E-state index contributed by atoms with van der Waals surface area (Å²) in [5.74, 6) is 1.32. The van der Waals surface area contributed by atoms with Crippen LogP contribution in [-0.2, 0) is 4.79 Å². The number of methoxy groups -OCH3 is 2. The zero-order valence-electron chi connectivity index (χ0n) is 17.2. The van der Waals surface area contributed by atoms with Crippen molar-refractivity contribution >= 4 is 52.0 Å². The van der Waals surface area contributed by atoms with Crippen molar-refractivity contribution in [2.24, 2.45) is 0 Å². The van der Waals surface area contributed by atoms with E-state index in [0.717, 1.165) is 5.56 Å². The number of hydrogen-bond acceptors (Lipinski definition) is 5. The number of carbonyl (C=O) groups excluding carboxylic acids is 1. The first kappa shape index (κ1) is 21.7. The molecule has 0 spiro atoms. The number of fused-ring (bicyclic) bond motifs is 1. The van der Waals surface area contributed by atoms with Crippen LogP contribution in [0.25, 0.3) is 28.6 Å². The summed E-state index contributed by atoms with van der Waals surface area (Å²) in [6.07, 6.45) is 2.97. The molecule has 4 aromatic rings. The second-order valence-electron chi connectivity index (χ2n) is 6.76. The van der Waals surface area contributed by atoms with Crippen molar-refractivity contribution in [3.05, 3.63) is 76.3 Å². The molecule has 0 saturated heterocycles. The lowest BCUT2D eigenvalue weighted by molar-refractivity contribution is -0.111. The van der Waals surface area contributed by atoms with E-state index in [2.05, 4.69) is 10.3 Å². The molecule has 0 bridgehead atoms. The summed E-state index contributed by atoms with van der Waals surface area (Å²) >= 11 is 12.2. The van der Waals surface area contributed by atoms with Crippen molar-refractivity contribution in [1.29, 1.82) is 0 Å². The minimum absolute atomic E-state index is 0.315. The number of carbonyl (C=O) groups is 1. The molecule has 1 amide bonds. The van der Waals surface area contributed by atoms with Gasteiger partial charge in [0.05, 0.1) is 19.2 Å². The summed E-state index contributed by atoms with van der Waals surface area (Å²) in [4.78, 5) is 16.8. The minimum atomic E-state index is -0.315. The van der Waals surface area contributed by atoms with Gasteiger partial charge in [0.2, 0.25) is 11.8 Å². The minimum Gasteiger partial charge on any atom is -0.497 e. The molecule has 0 aliphatic carbocycles. The number of benzene rings is 3. The Morgan fingerprint density at radius 1 is 1.03 bits per heavy atom. The molecule has 0 aliphatic heterocycles. The van der Waals surface area contributed by atoms with E-state index in [1.807, 2.05) is 30.3 Å². The molecule has 0 unspecified atom stereocenters.